The summed E-state index contributed by atoms with van der Waals surface area (Å²) in [5.74, 6) is 1.84. The Bertz CT molecular complexity index is 713. The van der Waals surface area contributed by atoms with Gasteiger partial charge >= 0.3 is 0 Å². The van der Waals surface area contributed by atoms with Crippen LogP contribution in [0.5, 0.6) is 5.75 Å². The van der Waals surface area contributed by atoms with Crippen molar-refractivity contribution < 1.29 is 14.3 Å². The molecule has 8 nitrogen and oxygen atoms in total. The zero-order valence-electron chi connectivity index (χ0n) is 14.9. The van der Waals surface area contributed by atoms with E-state index in [1.54, 1.807) is 14.2 Å². The van der Waals surface area contributed by atoms with E-state index in [0.717, 1.165) is 24.4 Å². The highest BCUT2D eigenvalue weighted by molar-refractivity contribution is 5.85. The van der Waals surface area contributed by atoms with Crippen LogP contribution >= 0.6 is 12.4 Å². The number of benzene rings is 1. The third-order valence-corrected chi connectivity index (χ3v) is 4.51. The van der Waals surface area contributed by atoms with Gasteiger partial charge in [-0.2, -0.15) is 5.10 Å². The maximum atomic E-state index is 12.5. The first-order valence-electron chi connectivity index (χ1n) is 8.27. The van der Waals surface area contributed by atoms with Gasteiger partial charge in [-0.1, -0.05) is 0 Å². The molecule has 0 spiro atoms. The van der Waals surface area contributed by atoms with E-state index in [1.165, 1.54) is 0 Å². The predicted octanol–water partition coefficient (Wildman–Crippen LogP) is 1.29. The molecule has 1 aliphatic heterocycles. The minimum absolute atomic E-state index is 0. The van der Waals surface area contributed by atoms with Crippen molar-refractivity contribution in [3.05, 3.63) is 30.1 Å². The topological polar surface area (TPSA) is 101 Å². The smallest absolute Gasteiger partial charge is 0.252 e. The number of H-pyrrole nitrogens is 1. The monoisotopic (exact) mass is 381 g/mol. The molecule has 2 heterocycles. The number of amides is 1. The first-order valence-corrected chi connectivity index (χ1v) is 8.27. The predicted molar refractivity (Wildman–Crippen MR) is 99.3 cm³/mol. The molecule has 26 heavy (non-hydrogen) atoms. The molecule has 142 valence electrons. The third kappa shape index (κ3) is 4.32. The van der Waals surface area contributed by atoms with Crippen LogP contribution in [0.4, 0.5) is 0 Å². The van der Waals surface area contributed by atoms with Crippen LogP contribution in [0.25, 0.3) is 11.4 Å². The second kappa shape index (κ2) is 8.98. The Labute approximate surface area is 158 Å². The maximum Gasteiger partial charge on any atom is 0.252 e. The summed E-state index contributed by atoms with van der Waals surface area (Å²) in [4.78, 5) is 17.0. The molecule has 0 atom stereocenters. The zero-order chi connectivity index (χ0) is 17.7. The van der Waals surface area contributed by atoms with Crippen molar-refractivity contribution in [2.45, 2.75) is 25.0 Å². The molecular weight excluding hydrogens is 358 g/mol. The van der Waals surface area contributed by atoms with Crippen LogP contribution in [-0.4, -0.2) is 54.0 Å². The molecule has 0 radical (unpaired) electrons. The van der Waals surface area contributed by atoms with E-state index >= 15 is 0 Å². The van der Waals surface area contributed by atoms with Crippen molar-refractivity contribution in [1.82, 2.24) is 25.8 Å². The summed E-state index contributed by atoms with van der Waals surface area (Å²) in [7, 11) is 3.21. The fourth-order valence-corrected chi connectivity index (χ4v) is 2.92. The minimum atomic E-state index is -0.760. The van der Waals surface area contributed by atoms with E-state index < -0.39 is 5.60 Å². The van der Waals surface area contributed by atoms with Crippen LogP contribution in [0, 0.1) is 0 Å². The van der Waals surface area contributed by atoms with Gasteiger partial charge in [0.05, 0.1) is 13.7 Å². The van der Waals surface area contributed by atoms with Crippen LogP contribution in [-0.2, 0) is 16.1 Å². The van der Waals surface area contributed by atoms with Gasteiger partial charge < -0.3 is 20.1 Å². The lowest BCUT2D eigenvalue weighted by atomic mass is 9.91. The van der Waals surface area contributed by atoms with Crippen LogP contribution < -0.4 is 15.4 Å². The van der Waals surface area contributed by atoms with Crippen molar-refractivity contribution >= 4 is 18.3 Å². The van der Waals surface area contributed by atoms with E-state index in [2.05, 4.69) is 25.8 Å². The van der Waals surface area contributed by atoms with Crippen LogP contribution in [0.15, 0.2) is 24.3 Å². The molecule has 3 N–H and O–H groups in total. The number of nitrogens with one attached hydrogen (secondary N) is 3. The molecule has 2 aromatic rings. The van der Waals surface area contributed by atoms with Gasteiger partial charge in [0, 0.05) is 12.7 Å². The average molecular weight is 382 g/mol. The summed E-state index contributed by atoms with van der Waals surface area (Å²) in [6, 6.07) is 7.48. The number of carbonyl (C=O) groups is 1. The summed E-state index contributed by atoms with van der Waals surface area (Å²) >= 11 is 0. The fraction of sp³-hybridized carbons (Fsp3) is 0.471. The lowest BCUT2D eigenvalue weighted by Crippen LogP contribution is -2.54. The van der Waals surface area contributed by atoms with Gasteiger partial charge in [0.2, 0.25) is 0 Å². The summed E-state index contributed by atoms with van der Waals surface area (Å²) < 4.78 is 10.7. The van der Waals surface area contributed by atoms with E-state index in [-0.39, 0.29) is 24.9 Å². The lowest BCUT2D eigenvalue weighted by Gasteiger charge is -2.34. The van der Waals surface area contributed by atoms with Gasteiger partial charge in [0.25, 0.3) is 5.91 Å². The molecule has 0 bridgehead atoms. The van der Waals surface area contributed by atoms with E-state index in [4.69, 9.17) is 9.47 Å². The number of nitrogens with zero attached hydrogens (tertiary/aromatic N) is 2. The van der Waals surface area contributed by atoms with Gasteiger partial charge in [0.1, 0.15) is 17.2 Å². The van der Waals surface area contributed by atoms with Crippen molar-refractivity contribution in [3.8, 4) is 17.1 Å². The number of halogens is 1. The Morgan fingerprint density at radius 3 is 2.54 bits per heavy atom. The molecule has 1 amide bonds. The van der Waals surface area contributed by atoms with Crippen LogP contribution in [0.3, 0.4) is 0 Å². The highest BCUT2D eigenvalue weighted by Gasteiger charge is 2.39. The van der Waals surface area contributed by atoms with Gasteiger partial charge in [-0.05, 0) is 50.2 Å². The molecule has 0 saturated carbocycles. The van der Waals surface area contributed by atoms with Gasteiger partial charge in [-0.25, -0.2) is 4.98 Å². The standard InChI is InChI=1S/C17H23N5O3.ClH/c1-24-13-5-3-12(4-6-13)15-20-14(21-22-15)11-19-16(23)17(25-2)7-9-18-10-8-17;/h3-6,18H,7-11H2,1-2H3,(H,19,23)(H,20,21,22);1H. The molecule has 1 aromatic carbocycles. The first-order chi connectivity index (χ1) is 12.2. The quantitative estimate of drug-likeness (QED) is 0.697. The van der Waals surface area contributed by atoms with E-state index in [1.807, 2.05) is 24.3 Å². The van der Waals surface area contributed by atoms with Crippen molar-refractivity contribution in [1.29, 1.82) is 0 Å². The summed E-state index contributed by atoms with van der Waals surface area (Å²) in [6.45, 7) is 1.82. The number of piperidine rings is 1. The molecule has 1 aromatic heterocycles. The molecule has 1 fully saturated rings. The number of carbonyl (C=O) groups excluding carboxylic acids is 1. The SMILES string of the molecule is COc1ccc(-c2n[nH]c(CNC(=O)C3(OC)CCNCC3)n2)cc1.Cl. The minimum Gasteiger partial charge on any atom is -0.497 e. The number of ether oxygens (including phenoxy) is 2. The third-order valence-electron chi connectivity index (χ3n) is 4.51. The second-order valence-corrected chi connectivity index (χ2v) is 5.97. The number of hydrogen-bond donors (Lipinski definition) is 3. The molecule has 9 heteroatoms. The average Bonchev–Trinajstić information content (AvgIpc) is 3.15. The Kier molecular flexibility index (Phi) is 6.96. The summed E-state index contributed by atoms with van der Waals surface area (Å²) in [5.41, 5.74) is 0.116. The number of rotatable bonds is 6. The summed E-state index contributed by atoms with van der Waals surface area (Å²) in [5, 5.41) is 13.2. The number of methoxy groups -OCH3 is 2. The van der Waals surface area contributed by atoms with Gasteiger partial charge in [-0.15, -0.1) is 12.4 Å². The molecule has 3 rings (SSSR count). The van der Waals surface area contributed by atoms with Gasteiger partial charge in [0.15, 0.2) is 5.82 Å². The van der Waals surface area contributed by atoms with E-state index in [0.29, 0.717) is 24.5 Å². The molecule has 0 aliphatic carbocycles. The highest BCUT2D eigenvalue weighted by atomic mass is 35.5. The fourth-order valence-electron chi connectivity index (χ4n) is 2.92. The number of aromatic nitrogens is 3. The Morgan fingerprint density at radius 1 is 1.23 bits per heavy atom. The second-order valence-electron chi connectivity index (χ2n) is 5.97. The Balaban J connectivity index is 0.00000243. The largest absolute Gasteiger partial charge is 0.497 e. The molecule has 1 aliphatic rings. The summed E-state index contributed by atoms with van der Waals surface area (Å²) in [6.07, 6.45) is 1.31. The Morgan fingerprint density at radius 2 is 1.92 bits per heavy atom. The van der Waals surface area contributed by atoms with Crippen molar-refractivity contribution in [2.24, 2.45) is 0 Å². The number of hydrogen-bond acceptors (Lipinski definition) is 6. The van der Waals surface area contributed by atoms with Gasteiger partial charge in [-0.3, -0.25) is 9.89 Å². The molecule has 0 unspecified atom stereocenters. The lowest BCUT2D eigenvalue weighted by molar-refractivity contribution is -0.146. The normalized spacial score (nSPS) is 15.8. The van der Waals surface area contributed by atoms with Crippen LogP contribution in [0.2, 0.25) is 0 Å². The van der Waals surface area contributed by atoms with Crippen molar-refractivity contribution in [3.63, 3.8) is 0 Å². The zero-order valence-corrected chi connectivity index (χ0v) is 15.7. The number of aromatic amines is 1. The highest BCUT2D eigenvalue weighted by Crippen LogP contribution is 2.23. The molecular formula is C17H24ClN5O3. The van der Waals surface area contributed by atoms with Crippen LogP contribution in [0.1, 0.15) is 18.7 Å². The van der Waals surface area contributed by atoms with Crippen molar-refractivity contribution in [2.75, 3.05) is 27.3 Å². The van der Waals surface area contributed by atoms with E-state index in [9.17, 15) is 4.79 Å². The first kappa shape index (κ1) is 20.2. The molecule has 1 saturated heterocycles. The Hall–Kier alpha value is -2.16. The maximum absolute atomic E-state index is 12.5.